The fraction of sp³-hybridized carbons (Fsp3) is 0.714. The van der Waals surface area contributed by atoms with Gasteiger partial charge in [0.2, 0.25) is 10.0 Å². The zero-order valence-corrected chi connectivity index (χ0v) is 13.8. The molecule has 6 nitrogen and oxygen atoms in total. The fourth-order valence-corrected chi connectivity index (χ4v) is 3.86. The topological polar surface area (TPSA) is 74.6 Å². The van der Waals surface area contributed by atoms with E-state index in [-0.39, 0.29) is 16.9 Å². The SMILES string of the molecule is CN1CCC(C)(CNS(=O)(=O)c2cc(CO)n(C)c2)CC1. The number of aliphatic hydroxyl groups excluding tert-OH is 1. The van der Waals surface area contributed by atoms with Gasteiger partial charge in [0.15, 0.2) is 0 Å². The van der Waals surface area contributed by atoms with Crippen LogP contribution in [0.1, 0.15) is 25.5 Å². The highest BCUT2D eigenvalue weighted by Crippen LogP contribution is 2.30. The molecule has 1 saturated heterocycles. The lowest BCUT2D eigenvalue weighted by Gasteiger charge is -2.37. The van der Waals surface area contributed by atoms with Crippen molar-refractivity contribution in [3.63, 3.8) is 0 Å². The van der Waals surface area contributed by atoms with Gasteiger partial charge in [-0.1, -0.05) is 6.92 Å². The molecular formula is C14H25N3O3S. The molecule has 0 aromatic carbocycles. The van der Waals surface area contributed by atoms with Crippen molar-refractivity contribution in [2.45, 2.75) is 31.3 Å². The van der Waals surface area contributed by atoms with Crippen LogP contribution in [0.25, 0.3) is 0 Å². The first-order chi connectivity index (χ1) is 9.76. The van der Waals surface area contributed by atoms with Crippen LogP contribution >= 0.6 is 0 Å². The molecule has 21 heavy (non-hydrogen) atoms. The van der Waals surface area contributed by atoms with Gasteiger partial charge in [0, 0.05) is 25.5 Å². The zero-order valence-electron chi connectivity index (χ0n) is 13.0. The number of aliphatic hydroxyl groups is 1. The van der Waals surface area contributed by atoms with Gasteiger partial charge < -0.3 is 14.6 Å². The summed E-state index contributed by atoms with van der Waals surface area (Å²) < 4.78 is 29.0. The van der Waals surface area contributed by atoms with Gasteiger partial charge in [-0.15, -0.1) is 0 Å². The molecule has 0 spiro atoms. The highest BCUT2D eigenvalue weighted by Gasteiger charge is 2.30. The zero-order chi connectivity index (χ0) is 15.7. The molecule has 0 radical (unpaired) electrons. The summed E-state index contributed by atoms with van der Waals surface area (Å²) in [6.07, 6.45) is 3.51. The quantitative estimate of drug-likeness (QED) is 0.831. The average Bonchev–Trinajstić information content (AvgIpc) is 2.83. The summed E-state index contributed by atoms with van der Waals surface area (Å²) in [4.78, 5) is 2.48. The van der Waals surface area contributed by atoms with Crippen molar-refractivity contribution in [3.05, 3.63) is 18.0 Å². The molecule has 2 N–H and O–H groups in total. The third kappa shape index (κ3) is 3.85. The van der Waals surface area contributed by atoms with E-state index in [4.69, 9.17) is 5.11 Å². The van der Waals surface area contributed by atoms with E-state index in [0.717, 1.165) is 25.9 Å². The van der Waals surface area contributed by atoms with Gasteiger partial charge in [-0.05, 0) is 44.5 Å². The maximum absolute atomic E-state index is 12.3. The summed E-state index contributed by atoms with van der Waals surface area (Å²) >= 11 is 0. The van der Waals surface area contributed by atoms with Gasteiger partial charge in [0.05, 0.1) is 11.5 Å². The number of piperidine rings is 1. The van der Waals surface area contributed by atoms with E-state index in [1.54, 1.807) is 11.6 Å². The van der Waals surface area contributed by atoms with E-state index in [1.807, 2.05) is 0 Å². The minimum Gasteiger partial charge on any atom is -0.390 e. The maximum Gasteiger partial charge on any atom is 0.242 e. The number of rotatable bonds is 5. The Bertz CT molecular complexity index is 587. The fourth-order valence-electron chi connectivity index (χ4n) is 2.57. The van der Waals surface area contributed by atoms with Crippen molar-refractivity contribution in [1.29, 1.82) is 0 Å². The normalized spacial score (nSPS) is 19.8. The predicted molar refractivity (Wildman–Crippen MR) is 81.4 cm³/mol. The van der Waals surface area contributed by atoms with Gasteiger partial charge >= 0.3 is 0 Å². The minimum absolute atomic E-state index is 0.00810. The van der Waals surface area contributed by atoms with Crippen LogP contribution in [0.2, 0.25) is 0 Å². The lowest BCUT2D eigenvalue weighted by Crippen LogP contribution is -2.43. The lowest BCUT2D eigenvalue weighted by atomic mass is 9.81. The Morgan fingerprint density at radius 3 is 2.48 bits per heavy atom. The summed E-state index contributed by atoms with van der Waals surface area (Å²) in [5.41, 5.74) is 0.592. The van der Waals surface area contributed by atoms with E-state index in [9.17, 15) is 8.42 Å². The van der Waals surface area contributed by atoms with Crippen molar-refractivity contribution in [1.82, 2.24) is 14.2 Å². The molecule has 120 valence electrons. The first kappa shape index (κ1) is 16.5. The molecule has 0 aliphatic carbocycles. The Balaban J connectivity index is 2.04. The van der Waals surface area contributed by atoms with Crippen LogP contribution in [0.5, 0.6) is 0 Å². The van der Waals surface area contributed by atoms with Crippen LogP contribution in [-0.2, 0) is 23.7 Å². The molecule has 1 aromatic heterocycles. The molecule has 7 heteroatoms. The van der Waals surface area contributed by atoms with E-state index in [0.29, 0.717) is 12.2 Å². The Labute approximate surface area is 126 Å². The van der Waals surface area contributed by atoms with Crippen molar-refractivity contribution >= 4 is 10.0 Å². The minimum atomic E-state index is -3.52. The Morgan fingerprint density at radius 1 is 1.33 bits per heavy atom. The number of nitrogens with one attached hydrogen (secondary N) is 1. The highest BCUT2D eigenvalue weighted by molar-refractivity contribution is 7.89. The smallest absolute Gasteiger partial charge is 0.242 e. The first-order valence-electron chi connectivity index (χ1n) is 7.20. The second-order valence-corrected chi connectivity index (χ2v) is 8.14. The molecule has 0 unspecified atom stereocenters. The molecule has 1 fully saturated rings. The largest absolute Gasteiger partial charge is 0.390 e. The van der Waals surface area contributed by atoms with Crippen molar-refractivity contribution in [2.24, 2.45) is 12.5 Å². The molecule has 2 rings (SSSR count). The highest BCUT2D eigenvalue weighted by atomic mass is 32.2. The van der Waals surface area contributed by atoms with Gasteiger partial charge in [0.1, 0.15) is 0 Å². The van der Waals surface area contributed by atoms with E-state index >= 15 is 0 Å². The molecule has 2 heterocycles. The van der Waals surface area contributed by atoms with Gasteiger partial charge in [-0.2, -0.15) is 0 Å². The molecule has 0 atom stereocenters. The number of hydrogen-bond donors (Lipinski definition) is 2. The summed E-state index contributed by atoms with van der Waals surface area (Å²) in [6.45, 7) is 4.41. The van der Waals surface area contributed by atoms with Crippen LogP contribution in [-0.4, -0.2) is 49.7 Å². The first-order valence-corrected chi connectivity index (χ1v) is 8.68. The van der Waals surface area contributed by atoms with Crippen LogP contribution in [0.3, 0.4) is 0 Å². The second kappa shape index (κ2) is 6.08. The van der Waals surface area contributed by atoms with Crippen LogP contribution in [0.4, 0.5) is 0 Å². The van der Waals surface area contributed by atoms with Gasteiger partial charge in [-0.25, -0.2) is 13.1 Å². The van der Waals surface area contributed by atoms with E-state index in [1.165, 1.54) is 12.3 Å². The van der Waals surface area contributed by atoms with Crippen LogP contribution in [0.15, 0.2) is 17.2 Å². The maximum atomic E-state index is 12.3. The second-order valence-electron chi connectivity index (χ2n) is 6.37. The summed E-state index contributed by atoms with van der Waals surface area (Å²) in [6, 6.07) is 1.51. The van der Waals surface area contributed by atoms with E-state index < -0.39 is 10.0 Å². The van der Waals surface area contributed by atoms with Crippen molar-refractivity contribution in [3.8, 4) is 0 Å². The number of likely N-dealkylation sites (tertiary alicyclic amines) is 1. The molecule has 0 bridgehead atoms. The van der Waals surface area contributed by atoms with Gasteiger partial charge in [0.25, 0.3) is 0 Å². The number of nitrogens with zero attached hydrogens (tertiary/aromatic N) is 2. The average molecular weight is 315 g/mol. The summed E-state index contributed by atoms with van der Waals surface area (Å²) in [7, 11) is 0.294. The third-order valence-electron chi connectivity index (χ3n) is 4.44. The summed E-state index contributed by atoms with van der Waals surface area (Å²) in [5.74, 6) is 0. The number of aryl methyl sites for hydroxylation is 1. The van der Waals surface area contributed by atoms with Gasteiger partial charge in [-0.3, -0.25) is 0 Å². The molecule has 1 aliphatic rings. The van der Waals surface area contributed by atoms with Crippen LogP contribution < -0.4 is 4.72 Å². The molecule has 1 aromatic rings. The number of aromatic nitrogens is 1. The number of sulfonamides is 1. The third-order valence-corrected chi connectivity index (χ3v) is 5.81. The monoisotopic (exact) mass is 315 g/mol. The molecule has 1 aliphatic heterocycles. The Hall–Kier alpha value is -0.890. The molecule has 0 saturated carbocycles. The van der Waals surface area contributed by atoms with E-state index in [2.05, 4.69) is 23.6 Å². The Morgan fingerprint density at radius 2 is 1.95 bits per heavy atom. The predicted octanol–water partition coefficient (Wildman–Crippen LogP) is 0.528. The molecule has 0 amide bonds. The lowest BCUT2D eigenvalue weighted by molar-refractivity contribution is 0.143. The van der Waals surface area contributed by atoms with Crippen LogP contribution in [0, 0.1) is 5.41 Å². The summed E-state index contributed by atoms with van der Waals surface area (Å²) in [5, 5.41) is 9.16. The van der Waals surface area contributed by atoms with Crippen molar-refractivity contribution < 1.29 is 13.5 Å². The van der Waals surface area contributed by atoms with Crippen molar-refractivity contribution in [2.75, 3.05) is 26.7 Å². The molecular weight excluding hydrogens is 290 g/mol. The Kier molecular flexibility index (Phi) is 4.77. The standard InChI is InChI=1S/C14H25N3O3S/c1-14(4-6-16(2)7-5-14)11-15-21(19,20)13-8-12(10-18)17(3)9-13/h8-9,15,18H,4-7,10-11H2,1-3H3. The number of hydrogen-bond acceptors (Lipinski definition) is 4.